The van der Waals surface area contributed by atoms with Crippen LogP contribution in [0.1, 0.15) is 43.9 Å². The van der Waals surface area contributed by atoms with Crippen molar-refractivity contribution < 1.29 is 18.0 Å². The highest BCUT2D eigenvalue weighted by atomic mass is 79.9. The molecule has 7 nitrogen and oxygen atoms in total. The molecule has 0 aliphatic carbocycles. The van der Waals surface area contributed by atoms with Gasteiger partial charge in [0.25, 0.3) is 10.0 Å². The maximum atomic E-state index is 14.0. The number of carbonyl (C=O) groups excluding carboxylic acids is 2. The number of aryl methyl sites for hydroxylation is 1. The molecular formula is C30H36BrN3O4S. The normalized spacial score (nSPS) is 12.9. The smallest absolute Gasteiger partial charge is 0.264 e. The van der Waals surface area contributed by atoms with Gasteiger partial charge in [-0.3, -0.25) is 13.9 Å². The lowest BCUT2D eigenvalue weighted by atomic mass is 10.1. The minimum absolute atomic E-state index is 0.0607. The summed E-state index contributed by atoms with van der Waals surface area (Å²) in [6.45, 7) is 8.96. The number of hydrogen-bond donors (Lipinski definition) is 1. The number of sulfonamides is 1. The number of halogens is 1. The number of carbonyl (C=O) groups is 2. The van der Waals surface area contributed by atoms with Crippen molar-refractivity contribution >= 4 is 43.5 Å². The van der Waals surface area contributed by atoms with Gasteiger partial charge in [-0.1, -0.05) is 65.3 Å². The number of anilines is 1. The molecule has 0 bridgehead atoms. The Morgan fingerprint density at radius 2 is 1.56 bits per heavy atom. The molecule has 208 valence electrons. The third-order valence-electron chi connectivity index (χ3n) is 6.89. The van der Waals surface area contributed by atoms with E-state index < -0.39 is 28.5 Å². The van der Waals surface area contributed by atoms with Crippen molar-refractivity contribution in [3.05, 3.63) is 94.0 Å². The predicted molar refractivity (Wildman–Crippen MR) is 159 cm³/mol. The summed E-state index contributed by atoms with van der Waals surface area (Å²) in [4.78, 5) is 28.7. The van der Waals surface area contributed by atoms with Gasteiger partial charge in [-0.15, -0.1) is 0 Å². The molecule has 1 N–H and O–H groups in total. The van der Waals surface area contributed by atoms with Gasteiger partial charge in [0.15, 0.2) is 0 Å². The molecule has 3 aromatic carbocycles. The summed E-state index contributed by atoms with van der Waals surface area (Å²) >= 11 is 3.42. The summed E-state index contributed by atoms with van der Waals surface area (Å²) in [6.07, 6.45) is 0.745. The second-order valence-electron chi connectivity index (χ2n) is 9.69. The minimum atomic E-state index is -4.09. The van der Waals surface area contributed by atoms with Crippen LogP contribution in [0.4, 0.5) is 5.69 Å². The lowest BCUT2D eigenvalue weighted by Crippen LogP contribution is -2.52. The first-order valence-electron chi connectivity index (χ1n) is 12.9. The molecule has 0 heterocycles. The predicted octanol–water partition coefficient (Wildman–Crippen LogP) is 5.59. The summed E-state index contributed by atoms with van der Waals surface area (Å²) in [5.41, 5.74) is 2.90. The number of nitrogens with zero attached hydrogens (tertiary/aromatic N) is 2. The van der Waals surface area contributed by atoms with Gasteiger partial charge in [-0.2, -0.15) is 0 Å². The van der Waals surface area contributed by atoms with Gasteiger partial charge in [-0.25, -0.2) is 8.42 Å². The number of nitrogens with one attached hydrogen (secondary N) is 1. The lowest BCUT2D eigenvalue weighted by molar-refractivity contribution is -0.139. The van der Waals surface area contributed by atoms with E-state index in [1.165, 1.54) is 17.0 Å². The number of benzene rings is 3. The van der Waals surface area contributed by atoms with E-state index in [1.54, 1.807) is 37.3 Å². The Balaban J connectivity index is 2.05. The van der Waals surface area contributed by atoms with Crippen molar-refractivity contribution in [1.82, 2.24) is 10.2 Å². The quantitative estimate of drug-likeness (QED) is 0.305. The van der Waals surface area contributed by atoms with Crippen LogP contribution >= 0.6 is 15.9 Å². The van der Waals surface area contributed by atoms with Crippen LogP contribution < -0.4 is 9.62 Å². The van der Waals surface area contributed by atoms with Crippen molar-refractivity contribution in [1.29, 1.82) is 0 Å². The van der Waals surface area contributed by atoms with Gasteiger partial charge in [0, 0.05) is 17.1 Å². The zero-order valence-corrected chi connectivity index (χ0v) is 25.4. The standard InChI is InChI=1S/C30H36BrN3O4S/c1-6-22(3)32-30(36)24(5)33(19-25-15-17-26(31)18-16-25)29(35)20-34(28-14-10-11-21(2)23(28)4)39(37,38)27-12-8-7-9-13-27/h7-18,22,24H,6,19-20H2,1-5H3,(H,32,36)/t22-,24-/m0/s1. The molecular weight excluding hydrogens is 578 g/mol. The maximum Gasteiger partial charge on any atom is 0.264 e. The fourth-order valence-electron chi connectivity index (χ4n) is 4.07. The molecule has 0 aromatic heterocycles. The van der Waals surface area contributed by atoms with E-state index in [0.29, 0.717) is 5.69 Å². The first-order valence-corrected chi connectivity index (χ1v) is 15.2. The molecule has 2 atom stereocenters. The average molecular weight is 615 g/mol. The third kappa shape index (κ3) is 7.48. The van der Waals surface area contributed by atoms with Crippen molar-refractivity contribution in [2.45, 2.75) is 64.6 Å². The molecule has 39 heavy (non-hydrogen) atoms. The topological polar surface area (TPSA) is 86.8 Å². The molecule has 3 rings (SSSR count). The van der Waals surface area contributed by atoms with E-state index in [9.17, 15) is 18.0 Å². The Morgan fingerprint density at radius 3 is 2.18 bits per heavy atom. The Bertz CT molecular complexity index is 1400. The number of hydrogen-bond acceptors (Lipinski definition) is 4. The maximum absolute atomic E-state index is 14.0. The van der Waals surface area contributed by atoms with Gasteiger partial charge in [0.2, 0.25) is 11.8 Å². The van der Waals surface area contributed by atoms with Crippen molar-refractivity contribution in [3.8, 4) is 0 Å². The highest BCUT2D eigenvalue weighted by Gasteiger charge is 2.33. The molecule has 0 aliphatic rings. The van der Waals surface area contributed by atoms with Crippen LogP contribution in [0, 0.1) is 13.8 Å². The third-order valence-corrected chi connectivity index (χ3v) is 9.19. The van der Waals surface area contributed by atoms with Crippen LogP contribution in [0.5, 0.6) is 0 Å². The Labute approximate surface area is 240 Å². The Morgan fingerprint density at radius 1 is 0.923 bits per heavy atom. The fraction of sp³-hybridized carbons (Fsp3) is 0.333. The summed E-state index contributed by atoms with van der Waals surface area (Å²) < 4.78 is 29.9. The van der Waals surface area contributed by atoms with E-state index in [0.717, 1.165) is 31.9 Å². The Kier molecular flexibility index (Phi) is 10.3. The molecule has 0 aliphatic heterocycles. The minimum Gasteiger partial charge on any atom is -0.352 e. The molecule has 0 fully saturated rings. The van der Waals surface area contributed by atoms with E-state index in [-0.39, 0.29) is 23.4 Å². The summed E-state index contributed by atoms with van der Waals surface area (Å²) in [5.74, 6) is -0.774. The largest absolute Gasteiger partial charge is 0.352 e. The van der Waals surface area contributed by atoms with E-state index in [1.807, 2.05) is 58.0 Å². The highest BCUT2D eigenvalue weighted by Crippen LogP contribution is 2.29. The molecule has 9 heteroatoms. The second kappa shape index (κ2) is 13.3. The van der Waals surface area contributed by atoms with E-state index in [4.69, 9.17) is 0 Å². The summed E-state index contributed by atoms with van der Waals surface area (Å²) in [7, 11) is -4.09. The van der Waals surface area contributed by atoms with Crippen LogP contribution in [0.3, 0.4) is 0 Å². The highest BCUT2D eigenvalue weighted by molar-refractivity contribution is 9.10. The summed E-state index contributed by atoms with van der Waals surface area (Å²) in [6, 6.07) is 20.0. The van der Waals surface area contributed by atoms with Gasteiger partial charge in [0.1, 0.15) is 12.6 Å². The van der Waals surface area contributed by atoms with Crippen LogP contribution in [-0.4, -0.2) is 43.8 Å². The molecule has 0 unspecified atom stereocenters. The molecule has 3 aromatic rings. The monoisotopic (exact) mass is 613 g/mol. The second-order valence-corrected chi connectivity index (χ2v) is 12.5. The van der Waals surface area contributed by atoms with Crippen LogP contribution in [0.15, 0.2) is 82.2 Å². The molecule has 0 radical (unpaired) electrons. The lowest BCUT2D eigenvalue weighted by Gasteiger charge is -2.33. The van der Waals surface area contributed by atoms with Crippen molar-refractivity contribution in [2.75, 3.05) is 10.8 Å². The Hall–Kier alpha value is -3.17. The van der Waals surface area contributed by atoms with Crippen LogP contribution in [-0.2, 0) is 26.2 Å². The van der Waals surface area contributed by atoms with Gasteiger partial charge < -0.3 is 10.2 Å². The molecule has 0 spiro atoms. The van der Waals surface area contributed by atoms with E-state index >= 15 is 0 Å². The van der Waals surface area contributed by atoms with Crippen LogP contribution in [0.2, 0.25) is 0 Å². The van der Waals surface area contributed by atoms with Crippen LogP contribution in [0.25, 0.3) is 0 Å². The zero-order valence-electron chi connectivity index (χ0n) is 23.0. The first kappa shape index (κ1) is 30.4. The van der Waals surface area contributed by atoms with Crippen molar-refractivity contribution in [2.24, 2.45) is 0 Å². The fourth-order valence-corrected chi connectivity index (χ4v) is 5.83. The molecule has 0 saturated heterocycles. The number of amides is 2. The van der Waals surface area contributed by atoms with Crippen molar-refractivity contribution in [3.63, 3.8) is 0 Å². The molecule has 2 amide bonds. The van der Waals surface area contributed by atoms with Gasteiger partial charge in [-0.05, 0) is 81.1 Å². The molecule has 0 saturated carbocycles. The van der Waals surface area contributed by atoms with E-state index in [2.05, 4.69) is 21.2 Å². The van der Waals surface area contributed by atoms with Gasteiger partial charge in [0.05, 0.1) is 10.6 Å². The first-order chi connectivity index (χ1) is 18.4. The van der Waals surface area contributed by atoms with Gasteiger partial charge >= 0.3 is 0 Å². The zero-order chi connectivity index (χ0) is 28.7. The SMILES string of the molecule is CC[C@H](C)NC(=O)[C@H](C)N(Cc1ccc(Br)cc1)C(=O)CN(c1cccc(C)c1C)S(=O)(=O)c1ccccc1. The summed E-state index contributed by atoms with van der Waals surface area (Å²) in [5, 5.41) is 2.95. The number of rotatable bonds is 11. The average Bonchev–Trinajstić information content (AvgIpc) is 2.92.